The highest BCUT2D eigenvalue weighted by atomic mass is 32.1. The topological polar surface area (TPSA) is 12.0 Å². The Labute approximate surface area is 109 Å². The van der Waals surface area contributed by atoms with Crippen molar-refractivity contribution < 1.29 is 0 Å². The van der Waals surface area contributed by atoms with Crippen molar-refractivity contribution in [3.63, 3.8) is 0 Å². The second-order valence-electron chi connectivity index (χ2n) is 6.50. The van der Waals surface area contributed by atoms with E-state index in [-0.39, 0.29) is 0 Å². The average molecular weight is 249 g/mol. The lowest BCUT2D eigenvalue weighted by Crippen LogP contribution is -2.26. The molecule has 1 aromatic rings. The predicted molar refractivity (Wildman–Crippen MR) is 74.6 cm³/mol. The van der Waals surface area contributed by atoms with Crippen LogP contribution in [0.3, 0.4) is 0 Å². The molecule has 1 fully saturated rings. The third-order valence-corrected chi connectivity index (χ3v) is 5.57. The molecule has 2 heteroatoms. The molecular formula is C15H23NS. The van der Waals surface area contributed by atoms with Crippen molar-refractivity contribution in [1.29, 1.82) is 0 Å². The van der Waals surface area contributed by atoms with E-state index < -0.39 is 0 Å². The number of hydrogen-bond acceptors (Lipinski definition) is 2. The molecule has 0 bridgehead atoms. The lowest BCUT2D eigenvalue weighted by Gasteiger charge is -2.17. The van der Waals surface area contributed by atoms with E-state index in [1.165, 1.54) is 38.5 Å². The van der Waals surface area contributed by atoms with Gasteiger partial charge in [0.15, 0.2) is 0 Å². The Hall–Kier alpha value is -0.340. The van der Waals surface area contributed by atoms with E-state index in [1.807, 2.05) is 11.3 Å². The first kappa shape index (κ1) is 11.7. The monoisotopic (exact) mass is 249 g/mol. The van der Waals surface area contributed by atoms with Crippen molar-refractivity contribution in [2.45, 2.75) is 65.0 Å². The molecule has 1 aromatic heterocycles. The maximum Gasteiger partial charge on any atom is 0.0302 e. The van der Waals surface area contributed by atoms with Gasteiger partial charge in [0.25, 0.3) is 0 Å². The molecule has 1 heterocycles. The van der Waals surface area contributed by atoms with Crippen molar-refractivity contribution >= 4 is 11.3 Å². The van der Waals surface area contributed by atoms with E-state index in [0.29, 0.717) is 5.41 Å². The maximum atomic E-state index is 3.75. The summed E-state index contributed by atoms with van der Waals surface area (Å²) in [5, 5.41) is 3.75. The highest BCUT2D eigenvalue weighted by Crippen LogP contribution is 2.37. The molecule has 0 aliphatic heterocycles. The summed E-state index contributed by atoms with van der Waals surface area (Å²) in [6.45, 7) is 5.89. The van der Waals surface area contributed by atoms with Crippen LogP contribution in [0.1, 0.15) is 54.8 Å². The van der Waals surface area contributed by atoms with Crippen LogP contribution in [0.2, 0.25) is 0 Å². The molecule has 0 radical (unpaired) electrons. The van der Waals surface area contributed by atoms with Crippen LogP contribution >= 0.6 is 11.3 Å². The van der Waals surface area contributed by atoms with Crippen molar-refractivity contribution in [2.75, 3.05) is 0 Å². The zero-order valence-electron chi connectivity index (χ0n) is 11.0. The van der Waals surface area contributed by atoms with Gasteiger partial charge in [-0.2, -0.15) is 0 Å². The molecule has 0 saturated heterocycles. The molecule has 3 rings (SSSR count). The highest BCUT2D eigenvalue weighted by molar-refractivity contribution is 7.12. The molecule has 17 heavy (non-hydrogen) atoms. The lowest BCUT2D eigenvalue weighted by atomic mass is 9.92. The van der Waals surface area contributed by atoms with Crippen LogP contribution in [0.5, 0.6) is 0 Å². The highest BCUT2D eigenvalue weighted by Gasteiger charge is 2.30. The van der Waals surface area contributed by atoms with Crippen LogP contribution in [0, 0.1) is 5.41 Å². The Bertz CT molecular complexity index is 384. The van der Waals surface area contributed by atoms with Gasteiger partial charge in [0.1, 0.15) is 0 Å². The molecule has 2 aliphatic carbocycles. The van der Waals surface area contributed by atoms with Crippen LogP contribution in [0.15, 0.2) is 6.07 Å². The first-order chi connectivity index (χ1) is 8.12. The molecular weight excluding hydrogens is 226 g/mol. The minimum atomic E-state index is 0.564. The number of thiophene rings is 1. The molecule has 1 saturated carbocycles. The van der Waals surface area contributed by atoms with Gasteiger partial charge in [0.05, 0.1) is 0 Å². The Morgan fingerprint density at radius 3 is 3.00 bits per heavy atom. The summed E-state index contributed by atoms with van der Waals surface area (Å²) in [4.78, 5) is 3.22. The summed E-state index contributed by atoms with van der Waals surface area (Å²) in [5.74, 6) is 0. The molecule has 1 atom stereocenters. The average Bonchev–Trinajstić information content (AvgIpc) is 2.88. The van der Waals surface area contributed by atoms with Crippen molar-refractivity contribution in [3.8, 4) is 0 Å². The second-order valence-corrected chi connectivity index (χ2v) is 7.72. The van der Waals surface area contributed by atoms with Crippen molar-refractivity contribution in [2.24, 2.45) is 5.41 Å². The fraction of sp³-hybridized carbons (Fsp3) is 0.733. The number of hydrogen-bond donors (Lipinski definition) is 1. The first-order valence-electron chi connectivity index (χ1n) is 6.96. The van der Waals surface area contributed by atoms with Gasteiger partial charge in [0, 0.05) is 22.3 Å². The van der Waals surface area contributed by atoms with Crippen molar-refractivity contribution in [1.82, 2.24) is 5.32 Å². The van der Waals surface area contributed by atoms with Gasteiger partial charge in [-0.05, 0) is 55.6 Å². The van der Waals surface area contributed by atoms with Gasteiger partial charge >= 0.3 is 0 Å². The van der Waals surface area contributed by atoms with Gasteiger partial charge in [-0.15, -0.1) is 11.3 Å². The smallest absolute Gasteiger partial charge is 0.0302 e. The molecule has 0 spiro atoms. The third-order valence-electron chi connectivity index (χ3n) is 4.33. The van der Waals surface area contributed by atoms with Crippen LogP contribution in [0.25, 0.3) is 0 Å². The Kier molecular flexibility index (Phi) is 3.04. The van der Waals surface area contributed by atoms with Gasteiger partial charge in [-0.1, -0.05) is 13.8 Å². The molecule has 2 aliphatic rings. The zero-order valence-corrected chi connectivity index (χ0v) is 11.8. The number of aryl methyl sites for hydroxylation is 2. The summed E-state index contributed by atoms with van der Waals surface area (Å²) in [6, 6.07) is 3.20. The Morgan fingerprint density at radius 1 is 1.41 bits per heavy atom. The van der Waals surface area contributed by atoms with E-state index in [1.54, 1.807) is 15.3 Å². The summed E-state index contributed by atoms with van der Waals surface area (Å²) in [7, 11) is 0. The zero-order chi connectivity index (χ0) is 11.9. The van der Waals surface area contributed by atoms with Crippen LogP contribution < -0.4 is 5.32 Å². The first-order valence-corrected chi connectivity index (χ1v) is 7.78. The van der Waals surface area contributed by atoms with Gasteiger partial charge in [-0.3, -0.25) is 0 Å². The van der Waals surface area contributed by atoms with Gasteiger partial charge in [-0.25, -0.2) is 0 Å². The van der Waals surface area contributed by atoms with E-state index in [4.69, 9.17) is 0 Å². The second kappa shape index (κ2) is 4.40. The molecule has 94 valence electrons. The Morgan fingerprint density at radius 2 is 2.29 bits per heavy atom. The fourth-order valence-corrected chi connectivity index (χ4v) is 4.54. The minimum Gasteiger partial charge on any atom is -0.309 e. The molecule has 0 aromatic carbocycles. The van der Waals surface area contributed by atoms with Crippen LogP contribution in [0.4, 0.5) is 0 Å². The van der Waals surface area contributed by atoms with E-state index >= 15 is 0 Å². The molecule has 1 N–H and O–H groups in total. The number of rotatable bonds is 3. The summed E-state index contributed by atoms with van der Waals surface area (Å²) in [5.41, 5.74) is 2.20. The standard InChI is InChI=1S/C15H23NS/c1-15(2)7-6-12(9-15)16-10-13-8-11-4-3-5-14(11)17-13/h8,12,16H,3-7,9-10H2,1-2H3. The van der Waals surface area contributed by atoms with E-state index in [9.17, 15) is 0 Å². The minimum absolute atomic E-state index is 0.564. The summed E-state index contributed by atoms with van der Waals surface area (Å²) < 4.78 is 0. The van der Waals surface area contributed by atoms with Crippen LogP contribution in [-0.4, -0.2) is 6.04 Å². The van der Waals surface area contributed by atoms with Gasteiger partial charge < -0.3 is 5.32 Å². The SMILES string of the molecule is CC1(C)CCC(NCc2cc3c(s2)CCC3)C1. The predicted octanol–water partition coefficient (Wildman–Crippen LogP) is 3.91. The largest absolute Gasteiger partial charge is 0.309 e. The normalized spacial score (nSPS) is 26.4. The summed E-state index contributed by atoms with van der Waals surface area (Å²) in [6.07, 6.45) is 8.12. The summed E-state index contributed by atoms with van der Waals surface area (Å²) >= 11 is 2.04. The quantitative estimate of drug-likeness (QED) is 0.856. The molecule has 1 unspecified atom stereocenters. The van der Waals surface area contributed by atoms with Crippen molar-refractivity contribution in [3.05, 3.63) is 21.4 Å². The lowest BCUT2D eigenvalue weighted by molar-refractivity contribution is 0.364. The Balaban J connectivity index is 1.54. The van der Waals surface area contributed by atoms with Gasteiger partial charge in [0.2, 0.25) is 0 Å². The third kappa shape index (κ3) is 2.58. The number of nitrogens with one attached hydrogen (secondary N) is 1. The van der Waals surface area contributed by atoms with Crippen LogP contribution in [-0.2, 0) is 19.4 Å². The van der Waals surface area contributed by atoms with E-state index in [0.717, 1.165) is 12.6 Å². The maximum absolute atomic E-state index is 3.75. The van der Waals surface area contributed by atoms with E-state index in [2.05, 4.69) is 25.2 Å². The molecule has 0 amide bonds. The molecule has 1 nitrogen and oxygen atoms in total. The number of fused-ring (bicyclic) bond motifs is 1. The fourth-order valence-electron chi connectivity index (χ4n) is 3.33.